The Balaban J connectivity index is 1.92. The van der Waals surface area contributed by atoms with Crippen molar-refractivity contribution in [2.45, 2.75) is 25.7 Å². The van der Waals surface area contributed by atoms with Gasteiger partial charge in [0.15, 0.2) is 0 Å². The normalized spacial score (nSPS) is 12.8. The van der Waals surface area contributed by atoms with E-state index in [1.54, 1.807) is 6.20 Å². The lowest BCUT2D eigenvalue weighted by Gasteiger charge is -2.21. The van der Waals surface area contributed by atoms with Crippen LogP contribution in [0.2, 0.25) is 0 Å². The summed E-state index contributed by atoms with van der Waals surface area (Å²) in [6.45, 7) is 2.12. The lowest BCUT2D eigenvalue weighted by atomic mass is 9.84. The molecule has 2 aromatic carbocycles. The van der Waals surface area contributed by atoms with Crippen LogP contribution in [0.4, 0.5) is 0 Å². The first-order valence-electron chi connectivity index (χ1n) is 8.58. The van der Waals surface area contributed by atoms with Crippen molar-refractivity contribution in [2.75, 3.05) is 0 Å². The SMILES string of the molecule is Cc1ccccc1[C@H](CC(Cc1ccccn1)=NO)c1ccc(Br)cc1. The molecule has 0 unspecified atom stereocenters. The summed E-state index contributed by atoms with van der Waals surface area (Å²) in [5.74, 6) is 0.124. The molecule has 1 aromatic heterocycles. The van der Waals surface area contributed by atoms with Gasteiger partial charge in [-0.15, -0.1) is 0 Å². The third-order valence-electron chi connectivity index (χ3n) is 4.53. The minimum Gasteiger partial charge on any atom is -0.411 e. The van der Waals surface area contributed by atoms with Gasteiger partial charge in [-0.2, -0.15) is 0 Å². The number of aryl methyl sites for hydroxylation is 1. The molecule has 0 aliphatic carbocycles. The molecule has 0 fully saturated rings. The number of hydrogen-bond acceptors (Lipinski definition) is 3. The molecule has 0 radical (unpaired) electrons. The minimum atomic E-state index is 0.124. The van der Waals surface area contributed by atoms with Crippen molar-refractivity contribution in [1.29, 1.82) is 0 Å². The van der Waals surface area contributed by atoms with Crippen LogP contribution >= 0.6 is 15.9 Å². The number of pyridine rings is 1. The maximum Gasteiger partial charge on any atom is 0.0639 e. The molecule has 1 N–H and O–H groups in total. The summed E-state index contributed by atoms with van der Waals surface area (Å²) in [4.78, 5) is 4.35. The zero-order chi connectivity index (χ0) is 18.4. The number of aromatic nitrogens is 1. The summed E-state index contributed by atoms with van der Waals surface area (Å²) in [5.41, 5.74) is 5.30. The van der Waals surface area contributed by atoms with E-state index in [4.69, 9.17) is 0 Å². The Morgan fingerprint density at radius 1 is 1.04 bits per heavy atom. The van der Waals surface area contributed by atoms with Crippen molar-refractivity contribution in [2.24, 2.45) is 5.16 Å². The van der Waals surface area contributed by atoms with Crippen LogP contribution in [0.1, 0.15) is 34.7 Å². The topological polar surface area (TPSA) is 45.5 Å². The van der Waals surface area contributed by atoms with E-state index in [-0.39, 0.29) is 5.92 Å². The van der Waals surface area contributed by atoms with Crippen LogP contribution in [0.15, 0.2) is 82.6 Å². The van der Waals surface area contributed by atoms with E-state index in [0.29, 0.717) is 12.8 Å². The van der Waals surface area contributed by atoms with Gasteiger partial charge in [0.05, 0.1) is 5.71 Å². The second-order valence-corrected chi connectivity index (χ2v) is 7.24. The Labute approximate surface area is 162 Å². The molecule has 0 aliphatic rings. The average molecular weight is 409 g/mol. The molecule has 4 heteroatoms. The van der Waals surface area contributed by atoms with Crippen molar-refractivity contribution >= 4 is 21.6 Å². The standard InChI is InChI=1S/C22H21BrN2O/c1-16-6-2-3-8-21(16)22(17-9-11-18(23)12-10-17)15-20(25-26)14-19-7-4-5-13-24-19/h2-13,22,26H,14-15H2,1H3/t22-/m1/s1. The van der Waals surface area contributed by atoms with E-state index in [1.807, 2.05) is 24.3 Å². The predicted octanol–water partition coefficient (Wildman–Crippen LogP) is 5.75. The number of rotatable bonds is 6. The number of halogens is 1. The molecule has 3 nitrogen and oxygen atoms in total. The first-order valence-corrected chi connectivity index (χ1v) is 9.37. The van der Waals surface area contributed by atoms with Gasteiger partial charge in [0.1, 0.15) is 0 Å². The molecule has 26 heavy (non-hydrogen) atoms. The van der Waals surface area contributed by atoms with Crippen LogP contribution in [0.25, 0.3) is 0 Å². The second-order valence-electron chi connectivity index (χ2n) is 6.33. The van der Waals surface area contributed by atoms with E-state index in [0.717, 1.165) is 15.9 Å². The summed E-state index contributed by atoms with van der Waals surface area (Å²) < 4.78 is 1.05. The largest absolute Gasteiger partial charge is 0.411 e. The average Bonchev–Trinajstić information content (AvgIpc) is 2.67. The summed E-state index contributed by atoms with van der Waals surface area (Å²) in [6.07, 6.45) is 2.94. The fourth-order valence-corrected chi connectivity index (χ4v) is 3.44. The highest BCUT2D eigenvalue weighted by atomic mass is 79.9. The molecular weight excluding hydrogens is 388 g/mol. The van der Waals surface area contributed by atoms with Crippen LogP contribution in [0, 0.1) is 6.92 Å². The molecule has 3 aromatic rings. The van der Waals surface area contributed by atoms with Crippen molar-refractivity contribution in [1.82, 2.24) is 4.98 Å². The zero-order valence-electron chi connectivity index (χ0n) is 14.6. The summed E-state index contributed by atoms with van der Waals surface area (Å²) in [5, 5.41) is 13.2. The highest BCUT2D eigenvalue weighted by Gasteiger charge is 2.19. The van der Waals surface area contributed by atoms with Crippen molar-refractivity contribution in [3.63, 3.8) is 0 Å². The van der Waals surface area contributed by atoms with Gasteiger partial charge in [-0.1, -0.05) is 63.6 Å². The van der Waals surface area contributed by atoms with Gasteiger partial charge in [0.25, 0.3) is 0 Å². The maximum atomic E-state index is 9.60. The van der Waals surface area contributed by atoms with Gasteiger partial charge in [-0.25, -0.2) is 0 Å². The third-order valence-corrected chi connectivity index (χ3v) is 5.06. The van der Waals surface area contributed by atoms with E-state index in [2.05, 4.69) is 75.5 Å². The fraction of sp³-hybridized carbons (Fsp3) is 0.182. The van der Waals surface area contributed by atoms with Crippen molar-refractivity contribution in [3.05, 3.63) is 99.8 Å². The van der Waals surface area contributed by atoms with Crippen LogP contribution < -0.4 is 0 Å². The van der Waals surface area contributed by atoms with Crippen LogP contribution in [0.5, 0.6) is 0 Å². The molecule has 0 saturated carbocycles. The number of oxime groups is 1. The molecule has 3 rings (SSSR count). The monoisotopic (exact) mass is 408 g/mol. The Morgan fingerprint density at radius 3 is 2.42 bits per heavy atom. The Bertz CT molecular complexity index is 876. The highest BCUT2D eigenvalue weighted by molar-refractivity contribution is 9.10. The number of nitrogens with zero attached hydrogens (tertiary/aromatic N) is 2. The lowest BCUT2D eigenvalue weighted by molar-refractivity contribution is 0.316. The maximum absolute atomic E-state index is 9.60. The molecule has 0 spiro atoms. The summed E-state index contributed by atoms with van der Waals surface area (Å²) in [7, 11) is 0. The van der Waals surface area contributed by atoms with E-state index >= 15 is 0 Å². The van der Waals surface area contributed by atoms with E-state index < -0.39 is 0 Å². The number of hydrogen-bond donors (Lipinski definition) is 1. The Hall–Kier alpha value is -2.46. The summed E-state index contributed by atoms with van der Waals surface area (Å²) in [6, 6.07) is 22.5. The molecule has 132 valence electrons. The lowest BCUT2D eigenvalue weighted by Crippen LogP contribution is -2.13. The Morgan fingerprint density at radius 2 is 1.77 bits per heavy atom. The van der Waals surface area contributed by atoms with Gasteiger partial charge in [-0.05, 0) is 47.9 Å². The molecule has 0 amide bonds. The van der Waals surface area contributed by atoms with Gasteiger partial charge in [0, 0.05) is 35.1 Å². The molecule has 0 saturated heterocycles. The fourth-order valence-electron chi connectivity index (χ4n) is 3.18. The van der Waals surface area contributed by atoms with Gasteiger partial charge in [-0.3, -0.25) is 4.98 Å². The van der Waals surface area contributed by atoms with E-state index in [9.17, 15) is 5.21 Å². The molecule has 0 aliphatic heterocycles. The first kappa shape index (κ1) is 18.3. The van der Waals surface area contributed by atoms with Crippen molar-refractivity contribution in [3.8, 4) is 0 Å². The summed E-state index contributed by atoms with van der Waals surface area (Å²) >= 11 is 3.50. The quantitative estimate of drug-likeness (QED) is 0.320. The van der Waals surface area contributed by atoms with Crippen LogP contribution in [-0.4, -0.2) is 15.9 Å². The highest BCUT2D eigenvalue weighted by Crippen LogP contribution is 2.32. The first-order chi connectivity index (χ1) is 12.7. The van der Waals surface area contributed by atoms with Gasteiger partial charge >= 0.3 is 0 Å². The smallest absolute Gasteiger partial charge is 0.0639 e. The molecular formula is C22H21BrN2O. The van der Waals surface area contributed by atoms with Gasteiger partial charge < -0.3 is 5.21 Å². The molecule has 0 bridgehead atoms. The Kier molecular flexibility index (Phi) is 6.18. The van der Waals surface area contributed by atoms with Crippen molar-refractivity contribution < 1.29 is 5.21 Å². The number of benzene rings is 2. The van der Waals surface area contributed by atoms with Gasteiger partial charge in [0.2, 0.25) is 0 Å². The molecule has 1 atom stereocenters. The zero-order valence-corrected chi connectivity index (χ0v) is 16.2. The van der Waals surface area contributed by atoms with Crippen LogP contribution in [0.3, 0.4) is 0 Å². The second kappa shape index (κ2) is 8.77. The minimum absolute atomic E-state index is 0.124. The third kappa shape index (κ3) is 4.58. The van der Waals surface area contributed by atoms with E-state index in [1.165, 1.54) is 16.7 Å². The predicted molar refractivity (Wildman–Crippen MR) is 109 cm³/mol. The molecule has 1 heterocycles. The van der Waals surface area contributed by atoms with Crippen LogP contribution in [-0.2, 0) is 6.42 Å².